The molecule has 6 N–H and O–H groups in total. The molecule has 1 amide bonds. The average molecular weight is 220 g/mol. The van der Waals surface area contributed by atoms with Gasteiger partial charge in [-0.3, -0.25) is 4.79 Å². The summed E-state index contributed by atoms with van der Waals surface area (Å²) >= 11 is 0. The highest BCUT2D eigenvalue weighted by Gasteiger charge is 2.22. The Morgan fingerprint density at radius 3 is 2.13 bits per heavy atom. The molecule has 0 radical (unpaired) electrons. The minimum atomic E-state index is -1.23. The van der Waals surface area contributed by atoms with E-state index in [4.69, 9.17) is 21.1 Å². The van der Waals surface area contributed by atoms with E-state index >= 15 is 0 Å². The summed E-state index contributed by atoms with van der Waals surface area (Å²) in [4.78, 5) is 21.8. The van der Waals surface area contributed by atoms with Crippen LogP contribution in [0.15, 0.2) is 0 Å². The molecular weight excluding hydrogens is 204 g/mol. The van der Waals surface area contributed by atoms with Crippen molar-refractivity contribution in [3.05, 3.63) is 0 Å². The van der Waals surface area contributed by atoms with Gasteiger partial charge in [-0.05, 0) is 6.42 Å². The molecular formula is C8H16N2O5. The predicted octanol–water partition coefficient (Wildman–Crippen LogP) is -2.35. The number of aliphatic hydroxyl groups is 2. The Labute approximate surface area is 86.9 Å². The van der Waals surface area contributed by atoms with E-state index < -0.39 is 24.0 Å². The number of hydrogen-bond donors (Lipinski definition) is 5. The van der Waals surface area contributed by atoms with Gasteiger partial charge in [0.25, 0.3) is 0 Å². The van der Waals surface area contributed by atoms with Crippen molar-refractivity contribution in [2.75, 3.05) is 13.2 Å². The highest BCUT2D eigenvalue weighted by Crippen LogP contribution is 1.94. The number of hydrogen-bond acceptors (Lipinski definition) is 5. The Kier molecular flexibility index (Phi) is 6.59. The summed E-state index contributed by atoms with van der Waals surface area (Å²) in [6.07, 6.45) is -0.00971. The average Bonchev–Trinajstić information content (AvgIpc) is 2.17. The van der Waals surface area contributed by atoms with Crippen LogP contribution in [0.4, 0.5) is 0 Å². The van der Waals surface area contributed by atoms with E-state index in [9.17, 15) is 9.59 Å². The van der Waals surface area contributed by atoms with E-state index in [1.165, 1.54) is 0 Å². The molecule has 2 atom stereocenters. The van der Waals surface area contributed by atoms with Gasteiger partial charge in [-0.15, -0.1) is 0 Å². The van der Waals surface area contributed by atoms with Crippen LogP contribution in [0.25, 0.3) is 0 Å². The number of nitrogens with one attached hydrogen (secondary N) is 1. The molecule has 0 unspecified atom stereocenters. The van der Waals surface area contributed by atoms with Crippen molar-refractivity contribution in [3.63, 3.8) is 0 Å². The SMILES string of the molecule is N[C@@H](CCO)C(=O)N[C@@H](CCO)C(=O)O. The minimum absolute atomic E-state index is 0.0668. The van der Waals surface area contributed by atoms with Crippen molar-refractivity contribution in [1.82, 2.24) is 5.32 Å². The lowest BCUT2D eigenvalue weighted by Crippen LogP contribution is -2.49. The lowest BCUT2D eigenvalue weighted by atomic mass is 10.1. The van der Waals surface area contributed by atoms with Gasteiger partial charge >= 0.3 is 5.97 Å². The first kappa shape index (κ1) is 13.8. The molecule has 0 bridgehead atoms. The summed E-state index contributed by atoms with van der Waals surface area (Å²) in [6, 6.07) is -2.08. The van der Waals surface area contributed by atoms with Crippen LogP contribution in [0.2, 0.25) is 0 Å². The molecule has 0 aromatic carbocycles. The molecule has 0 aliphatic carbocycles. The molecule has 0 spiro atoms. The van der Waals surface area contributed by atoms with E-state index in [1.807, 2.05) is 0 Å². The molecule has 0 saturated carbocycles. The number of aliphatic hydroxyl groups excluding tert-OH is 2. The fourth-order valence-electron chi connectivity index (χ4n) is 0.935. The monoisotopic (exact) mass is 220 g/mol. The normalized spacial score (nSPS) is 14.3. The standard InChI is InChI=1S/C8H16N2O5/c9-5(1-3-11)7(13)10-6(2-4-12)8(14)15/h5-6,11-12H,1-4,9H2,(H,10,13)(H,14,15)/t5-,6-/m0/s1. The maximum absolute atomic E-state index is 11.2. The largest absolute Gasteiger partial charge is 0.480 e. The molecule has 0 aromatic heterocycles. The Morgan fingerprint density at radius 1 is 1.20 bits per heavy atom. The van der Waals surface area contributed by atoms with Gasteiger partial charge in [0.15, 0.2) is 0 Å². The summed E-state index contributed by atoms with van der Waals surface area (Å²) in [6.45, 7) is -0.585. The van der Waals surface area contributed by atoms with Crippen LogP contribution >= 0.6 is 0 Å². The fraction of sp³-hybridized carbons (Fsp3) is 0.750. The van der Waals surface area contributed by atoms with Crippen molar-refractivity contribution in [3.8, 4) is 0 Å². The molecule has 0 fully saturated rings. The van der Waals surface area contributed by atoms with E-state index in [0.29, 0.717) is 0 Å². The van der Waals surface area contributed by atoms with Gasteiger partial charge in [-0.2, -0.15) is 0 Å². The highest BCUT2D eigenvalue weighted by molar-refractivity contribution is 5.86. The van der Waals surface area contributed by atoms with Crippen molar-refractivity contribution in [2.24, 2.45) is 5.73 Å². The fourth-order valence-corrected chi connectivity index (χ4v) is 0.935. The molecule has 0 aromatic rings. The summed E-state index contributed by atoms with van der Waals surface area (Å²) in [5.41, 5.74) is 5.34. The third-order valence-corrected chi connectivity index (χ3v) is 1.81. The van der Waals surface area contributed by atoms with E-state index in [-0.39, 0.29) is 26.1 Å². The molecule has 7 nitrogen and oxygen atoms in total. The summed E-state index contributed by atoms with van der Waals surface area (Å²) in [5.74, 6) is -1.88. The van der Waals surface area contributed by atoms with Crippen LogP contribution in [0, 0.1) is 0 Å². The third-order valence-electron chi connectivity index (χ3n) is 1.81. The van der Waals surface area contributed by atoms with Crippen molar-refractivity contribution in [1.29, 1.82) is 0 Å². The zero-order valence-corrected chi connectivity index (χ0v) is 8.22. The second kappa shape index (κ2) is 7.16. The quantitative estimate of drug-likeness (QED) is 0.326. The lowest BCUT2D eigenvalue weighted by molar-refractivity contribution is -0.142. The van der Waals surface area contributed by atoms with E-state index in [1.54, 1.807) is 0 Å². The van der Waals surface area contributed by atoms with Crippen LogP contribution in [-0.4, -0.2) is 52.5 Å². The number of nitrogens with two attached hydrogens (primary N) is 1. The molecule has 0 rings (SSSR count). The zero-order chi connectivity index (χ0) is 11.8. The smallest absolute Gasteiger partial charge is 0.326 e. The van der Waals surface area contributed by atoms with Gasteiger partial charge in [0, 0.05) is 19.6 Å². The molecule has 15 heavy (non-hydrogen) atoms. The highest BCUT2D eigenvalue weighted by atomic mass is 16.4. The number of carbonyl (C=O) groups is 2. The maximum Gasteiger partial charge on any atom is 0.326 e. The number of carboxylic acid groups (broad SMARTS) is 1. The predicted molar refractivity (Wildman–Crippen MR) is 50.9 cm³/mol. The Hall–Kier alpha value is -1.18. The van der Waals surface area contributed by atoms with Crippen LogP contribution < -0.4 is 11.1 Å². The van der Waals surface area contributed by atoms with Crippen LogP contribution in [0.5, 0.6) is 0 Å². The molecule has 88 valence electrons. The van der Waals surface area contributed by atoms with Gasteiger partial charge in [0.2, 0.25) is 5.91 Å². The van der Waals surface area contributed by atoms with E-state index in [2.05, 4.69) is 5.32 Å². The minimum Gasteiger partial charge on any atom is -0.480 e. The Balaban J connectivity index is 4.15. The Morgan fingerprint density at radius 2 is 1.73 bits per heavy atom. The zero-order valence-electron chi connectivity index (χ0n) is 8.22. The van der Waals surface area contributed by atoms with Gasteiger partial charge in [-0.1, -0.05) is 0 Å². The number of amides is 1. The Bertz CT molecular complexity index is 221. The third kappa shape index (κ3) is 5.31. The molecule has 0 heterocycles. The van der Waals surface area contributed by atoms with Gasteiger partial charge < -0.3 is 26.4 Å². The number of carboxylic acids is 1. The number of carbonyl (C=O) groups excluding carboxylic acids is 1. The molecule has 7 heteroatoms. The summed E-state index contributed by atoms with van der Waals surface area (Å²) < 4.78 is 0. The first-order valence-electron chi connectivity index (χ1n) is 4.53. The second-order valence-electron chi connectivity index (χ2n) is 3.03. The molecule has 0 saturated heterocycles. The van der Waals surface area contributed by atoms with Crippen molar-refractivity contribution >= 4 is 11.9 Å². The van der Waals surface area contributed by atoms with E-state index in [0.717, 1.165) is 0 Å². The first-order valence-corrected chi connectivity index (χ1v) is 4.53. The second-order valence-corrected chi connectivity index (χ2v) is 3.03. The maximum atomic E-state index is 11.2. The van der Waals surface area contributed by atoms with Gasteiger partial charge in [0.05, 0.1) is 6.04 Å². The van der Waals surface area contributed by atoms with Gasteiger partial charge in [0.1, 0.15) is 6.04 Å². The van der Waals surface area contributed by atoms with Crippen LogP contribution in [0.1, 0.15) is 12.8 Å². The van der Waals surface area contributed by atoms with Crippen molar-refractivity contribution in [2.45, 2.75) is 24.9 Å². The first-order chi connectivity index (χ1) is 7.02. The van der Waals surface area contributed by atoms with Crippen LogP contribution in [0.3, 0.4) is 0 Å². The lowest BCUT2D eigenvalue weighted by Gasteiger charge is -2.16. The van der Waals surface area contributed by atoms with Crippen LogP contribution in [-0.2, 0) is 9.59 Å². The summed E-state index contributed by atoms with van der Waals surface area (Å²) in [5, 5.41) is 27.9. The topological polar surface area (TPSA) is 133 Å². The molecule has 0 aliphatic heterocycles. The molecule has 0 aliphatic rings. The number of aliphatic carboxylic acids is 1. The van der Waals surface area contributed by atoms with Crippen molar-refractivity contribution < 1.29 is 24.9 Å². The van der Waals surface area contributed by atoms with Gasteiger partial charge in [-0.25, -0.2) is 4.79 Å². The number of rotatable bonds is 7. The summed E-state index contributed by atoms with van der Waals surface area (Å²) in [7, 11) is 0.